The number of carbonyl (C=O) groups is 1. The summed E-state index contributed by atoms with van der Waals surface area (Å²) < 4.78 is 4.21. The Labute approximate surface area is 121 Å². The van der Waals surface area contributed by atoms with Crippen molar-refractivity contribution in [2.24, 2.45) is 0 Å². The number of fused-ring (bicyclic) bond motifs is 1. The normalized spacial score (nSPS) is 9.54. The van der Waals surface area contributed by atoms with Crippen LogP contribution in [0.25, 0.3) is 10.2 Å². The Morgan fingerprint density at radius 2 is 2.23 bits per heavy atom. The summed E-state index contributed by atoms with van der Waals surface area (Å²) in [6, 6.07) is 4.82. The Morgan fingerprint density at radius 3 is 2.92 bits per heavy atom. The van der Waals surface area contributed by atoms with Gasteiger partial charge in [0.05, 0.1) is 10.7 Å². The molecule has 2 rings (SSSR count). The smallest absolute Gasteiger partial charge is 0.545 e. The first-order valence-electron chi connectivity index (χ1n) is 3.21. The number of carboxylic acids is 1. The zero-order valence-electron chi connectivity index (χ0n) is 6.85. The average Bonchev–Trinajstić information content (AvgIpc) is 2.49. The van der Waals surface area contributed by atoms with Crippen LogP contribution < -0.4 is 56.5 Å². The molecule has 0 aliphatic rings. The van der Waals surface area contributed by atoms with Crippen molar-refractivity contribution in [3.8, 4) is 0 Å². The second-order valence-corrected chi connectivity index (χ2v) is 2.97. The maximum absolute atomic E-state index is 10.6. The number of nitrogens with zero attached hydrogens (tertiary/aromatic N) is 2. The van der Waals surface area contributed by atoms with Crippen LogP contribution in [-0.4, -0.2) is 15.6 Å². The van der Waals surface area contributed by atoms with Crippen LogP contribution in [0, 0.1) is 0 Å². The first-order chi connectivity index (χ1) is 5.79. The molecule has 0 aliphatic carbocycles. The van der Waals surface area contributed by atoms with E-state index in [0.717, 1.165) is 11.5 Å². The van der Waals surface area contributed by atoms with E-state index in [1.165, 1.54) is 6.07 Å². The molecule has 0 unspecified atom stereocenters. The Kier molecular flexibility index (Phi) is 3.96. The summed E-state index contributed by atoms with van der Waals surface area (Å²) in [6.07, 6.45) is 0. The minimum absolute atomic E-state index is 0. The molecule has 1 aromatic carbocycles. The Balaban J connectivity index is 0.000000845. The number of benzene rings is 1. The van der Waals surface area contributed by atoms with E-state index in [2.05, 4.69) is 9.59 Å². The van der Waals surface area contributed by atoms with E-state index in [0.29, 0.717) is 10.2 Å². The van der Waals surface area contributed by atoms with Crippen molar-refractivity contribution in [2.45, 2.75) is 0 Å². The maximum atomic E-state index is 10.6. The van der Waals surface area contributed by atoms with Gasteiger partial charge in [-0.05, 0) is 17.6 Å². The van der Waals surface area contributed by atoms with Crippen LogP contribution in [0.2, 0.25) is 0 Å². The van der Waals surface area contributed by atoms with Gasteiger partial charge < -0.3 is 9.90 Å². The van der Waals surface area contributed by atoms with Crippen LogP contribution in [0.5, 0.6) is 0 Å². The summed E-state index contributed by atoms with van der Waals surface area (Å²) in [5.41, 5.74) is 0.754. The molecule has 60 valence electrons. The topological polar surface area (TPSA) is 65.9 Å². The molecular formula is C7H3KN2O2S. The predicted octanol–water partition coefficient (Wildman–Crippen LogP) is -2.94. The fourth-order valence-electron chi connectivity index (χ4n) is 0.965. The molecule has 0 N–H and O–H groups in total. The summed E-state index contributed by atoms with van der Waals surface area (Å²) >= 11 is 1.06. The van der Waals surface area contributed by atoms with Crippen molar-refractivity contribution in [3.63, 3.8) is 0 Å². The molecule has 2 aromatic rings. The molecule has 0 spiro atoms. The minimum atomic E-state index is -1.19. The first kappa shape index (κ1) is 11.2. The van der Waals surface area contributed by atoms with E-state index in [-0.39, 0.29) is 56.9 Å². The van der Waals surface area contributed by atoms with Crippen LogP contribution in [0.1, 0.15) is 10.4 Å². The van der Waals surface area contributed by atoms with E-state index in [4.69, 9.17) is 0 Å². The van der Waals surface area contributed by atoms with E-state index in [1.807, 2.05) is 0 Å². The molecule has 0 aliphatic heterocycles. The van der Waals surface area contributed by atoms with Gasteiger partial charge in [-0.1, -0.05) is 16.6 Å². The summed E-state index contributed by atoms with van der Waals surface area (Å²) in [4.78, 5) is 10.6. The maximum Gasteiger partial charge on any atom is 1.00 e. The van der Waals surface area contributed by atoms with Gasteiger partial charge in [0, 0.05) is 5.56 Å². The van der Waals surface area contributed by atoms with Gasteiger partial charge in [-0.15, -0.1) is 5.10 Å². The molecule has 0 saturated heterocycles. The van der Waals surface area contributed by atoms with Gasteiger partial charge >= 0.3 is 51.4 Å². The van der Waals surface area contributed by atoms with Crippen molar-refractivity contribution in [3.05, 3.63) is 23.8 Å². The number of aromatic nitrogens is 2. The van der Waals surface area contributed by atoms with Gasteiger partial charge in [-0.25, -0.2) is 0 Å². The number of hydrogen-bond donors (Lipinski definition) is 0. The first-order valence-corrected chi connectivity index (χ1v) is 3.99. The van der Waals surface area contributed by atoms with Crippen molar-refractivity contribution < 1.29 is 61.3 Å². The number of hydrogen-bond acceptors (Lipinski definition) is 5. The second kappa shape index (κ2) is 4.58. The third-order valence-electron chi connectivity index (χ3n) is 1.49. The van der Waals surface area contributed by atoms with Crippen LogP contribution in [-0.2, 0) is 0 Å². The molecular weight excluding hydrogens is 215 g/mol. The van der Waals surface area contributed by atoms with Crippen LogP contribution >= 0.6 is 11.5 Å². The molecule has 4 nitrogen and oxygen atoms in total. The van der Waals surface area contributed by atoms with Gasteiger partial charge in [0.15, 0.2) is 0 Å². The number of rotatable bonds is 1. The number of carboxylic acid groups (broad SMARTS) is 1. The van der Waals surface area contributed by atoms with Crippen LogP contribution in [0.4, 0.5) is 0 Å². The molecule has 0 fully saturated rings. The Hall–Kier alpha value is 0.146. The number of carbonyl (C=O) groups excluding carboxylic acids is 1. The van der Waals surface area contributed by atoms with Crippen molar-refractivity contribution in [1.29, 1.82) is 0 Å². The van der Waals surface area contributed by atoms with E-state index in [1.54, 1.807) is 12.1 Å². The van der Waals surface area contributed by atoms with Gasteiger partial charge in [0.25, 0.3) is 0 Å². The van der Waals surface area contributed by atoms with Crippen molar-refractivity contribution >= 4 is 27.7 Å². The van der Waals surface area contributed by atoms with Crippen molar-refractivity contribution in [2.75, 3.05) is 0 Å². The molecule has 0 saturated carbocycles. The zero-order valence-corrected chi connectivity index (χ0v) is 10.8. The molecule has 1 aromatic heterocycles. The van der Waals surface area contributed by atoms with E-state index >= 15 is 0 Å². The Bertz CT molecular complexity index is 443. The fraction of sp³-hybridized carbons (Fsp3) is 0. The fourth-order valence-corrected chi connectivity index (χ4v) is 1.63. The zero-order chi connectivity index (χ0) is 8.55. The molecule has 6 heteroatoms. The number of aromatic carboxylic acids is 1. The third-order valence-corrected chi connectivity index (χ3v) is 2.27. The van der Waals surface area contributed by atoms with Gasteiger partial charge in [0.1, 0.15) is 5.52 Å². The quantitative estimate of drug-likeness (QED) is 0.480. The predicted molar refractivity (Wildman–Crippen MR) is 41.7 cm³/mol. The molecule has 13 heavy (non-hydrogen) atoms. The molecule has 0 atom stereocenters. The largest absolute Gasteiger partial charge is 1.00 e. The standard InChI is InChI=1S/C7H4N2O2S.K/c10-7(11)4-2-1-3-5-6(4)12-9-8-5;/h1-3H,(H,10,11);/q;+1/p-1. The SMILES string of the molecule is O=C([O-])c1cccc2nnsc12.[K+]. The summed E-state index contributed by atoms with van der Waals surface area (Å²) in [5.74, 6) is -1.19. The van der Waals surface area contributed by atoms with Crippen LogP contribution in [0.15, 0.2) is 18.2 Å². The van der Waals surface area contributed by atoms with Gasteiger partial charge in [-0.2, -0.15) is 0 Å². The van der Waals surface area contributed by atoms with Crippen molar-refractivity contribution in [1.82, 2.24) is 9.59 Å². The monoisotopic (exact) mass is 218 g/mol. The summed E-state index contributed by atoms with van der Waals surface area (Å²) in [6.45, 7) is 0. The van der Waals surface area contributed by atoms with E-state index in [9.17, 15) is 9.90 Å². The summed E-state index contributed by atoms with van der Waals surface area (Å²) in [7, 11) is 0. The van der Waals surface area contributed by atoms with Gasteiger partial charge in [0.2, 0.25) is 0 Å². The van der Waals surface area contributed by atoms with Crippen LogP contribution in [0.3, 0.4) is 0 Å². The molecule has 0 radical (unpaired) electrons. The minimum Gasteiger partial charge on any atom is -0.545 e. The van der Waals surface area contributed by atoms with E-state index < -0.39 is 5.97 Å². The average molecular weight is 218 g/mol. The third kappa shape index (κ3) is 2.14. The molecule has 1 heterocycles. The van der Waals surface area contributed by atoms with Gasteiger partial charge in [-0.3, -0.25) is 0 Å². The second-order valence-electron chi connectivity index (χ2n) is 2.21. The molecule has 0 bridgehead atoms. The summed E-state index contributed by atoms with van der Waals surface area (Å²) in [5, 5.41) is 14.3. The Morgan fingerprint density at radius 1 is 1.46 bits per heavy atom. The molecule has 0 amide bonds.